The molecule has 0 aliphatic heterocycles. The van der Waals surface area contributed by atoms with Crippen LogP contribution in [0.1, 0.15) is 32.1 Å². The molecule has 0 spiro atoms. The SMILES string of the molecule is C#CC(NN)C1CCCCC1. The summed E-state index contributed by atoms with van der Waals surface area (Å²) in [5, 5.41) is 0. The fourth-order valence-corrected chi connectivity index (χ4v) is 1.79. The summed E-state index contributed by atoms with van der Waals surface area (Å²) in [5.74, 6) is 8.62. The lowest BCUT2D eigenvalue weighted by molar-refractivity contribution is 0.308. The predicted molar refractivity (Wildman–Crippen MR) is 46.5 cm³/mol. The van der Waals surface area contributed by atoms with Gasteiger partial charge < -0.3 is 0 Å². The summed E-state index contributed by atoms with van der Waals surface area (Å²) in [6.45, 7) is 0. The van der Waals surface area contributed by atoms with Crippen LogP contribution in [0.15, 0.2) is 0 Å². The summed E-state index contributed by atoms with van der Waals surface area (Å²) in [4.78, 5) is 0. The van der Waals surface area contributed by atoms with Crippen molar-refractivity contribution >= 4 is 0 Å². The molecule has 1 aliphatic rings. The molecule has 0 saturated heterocycles. The highest BCUT2D eigenvalue weighted by Crippen LogP contribution is 2.25. The molecule has 0 bridgehead atoms. The normalized spacial score (nSPS) is 22.5. The van der Waals surface area contributed by atoms with Gasteiger partial charge in [-0.3, -0.25) is 5.84 Å². The maximum atomic E-state index is 5.32. The van der Waals surface area contributed by atoms with Gasteiger partial charge in [0.05, 0.1) is 6.04 Å². The van der Waals surface area contributed by atoms with E-state index in [4.69, 9.17) is 12.3 Å². The molecule has 0 radical (unpaired) electrons. The molecule has 0 aromatic carbocycles. The second kappa shape index (κ2) is 4.38. The molecule has 0 aromatic heterocycles. The Bertz CT molecular complexity index is 142. The highest BCUT2D eigenvalue weighted by molar-refractivity contribution is 5.01. The van der Waals surface area contributed by atoms with E-state index < -0.39 is 0 Å². The van der Waals surface area contributed by atoms with Crippen LogP contribution in [0.4, 0.5) is 0 Å². The van der Waals surface area contributed by atoms with Gasteiger partial charge in [-0.15, -0.1) is 6.42 Å². The molecule has 1 fully saturated rings. The largest absolute Gasteiger partial charge is 0.270 e. The summed E-state index contributed by atoms with van der Waals surface area (Å²) >= 11 is 0. The van der Waals surface area contributed by atoms with E-state index in [0.717, 1.165) is 0 Å². The number of hydrogen-bond donors (Lipinski definition) is 2. The fourth-order valence-electron chi connectivity index (χ4n) is 1.79. The molecule has 62 valence electrons. The van der Waals surface area contributed by atoms with Crippen molar-refractivity contribution in [1.29, 1.82) is 0 Å². The van der Waals surface area contributed by atoms with Crippen LogP contribution in [0.2, 0.25) is 0 Å². The van der Waals surface area contributed by atoms with Crippen molar-refractivity contribution in [3.63, 3.8) is 0 Å². The van der Waals surface area contributed by atoms with E-state index in [1.54, 1.807) is 0 Å². The molecule has 3 N–H and O–H groups in total. The van der Waals surface area contributed by atoms with E-state index in [-0.39, 0.29) is 6.04 Å². The minimum Gasteiger partial charge on any atom is -0.270 e. The molecule has 0 aromatic rings. The molecular weight excluding hydrogens is 136 g/mol. The molecule has 0 amide bonds. The zero-order valence-corrected chi connectivity index (χ0v) is 6.84. The van der Waals surface area contributed by atoms with Crippen LogP contribution in [0, 0.1) is 18.3 Å². The van der Waals surface area contributed by atoms with Gasteiger partial charge in [-0.1, -0.05) is 25.2 Å². The third-order valence-corrected chi connectivity index (χ3v) is 2.48. The lowest BCUT2D eigenvalue weighted by Crippen LogP contribution is -2.40. The Balaban J connectivity index is 2.38. The Morgan fingerprint density at radius 1 is 1.36 bits per heavy atom. The molecule has 2 heteroatoms. The molecule has 1 saturated carbocycles. The van der Waals surface area contributed by atoms with E-state index in [0.29, 0.717) is 5.92 Å². The summed E-state index contributed by atoms with van der Waals surface area (Å²) < 4.78 is 0. The van der Waals surface area contributed by atoms with Gasteiger partial charge >= 0.3 is 0 Å². The van der Waals surface area contributed by atoms with Gasteiger partial charge in [-0.05, 0) is 18.8 Å². The van der Waals surface area contributed by atoms with Crippen molar-refractivity contribution in [3.05, 3.63) is 0 Å². The Morgan fingerprint density at radius 3 is 2.45 bits per heavy atom. The van der Waals surface area contributed by atoms with Gasteiger partial charge in [-0.25, -0.2) is 5.43 Å². The van der Waals surface area contributed by atoms with Crippen molar-refractivity contribution in [2.45, 2.75) is 38.1 Å². The number of hydrazine groups is 1. The second-order valence-electron chi connectivity index (χ2n) is 3.21. The molecule has 1 unspecified atom stereocenters. The molecule has 1 aliphatic carbocycles. The smallest absolute Gasteiger partial charge is 0.0842 e. The first-order valence-corrected chi connectivity index (χ1v) is 4.30. The monoisotopic (exact) mass is 152 g/mol. The highest BCUT2D eigenvalue weighted by Gasteiger charge is 2.20. The van der Waals surface area contributed by atoms with E-state index >= 15 is 0 Å². The average Bonchev–Trinajstić information content (AvgIpc) is 2.09. The Kier molecular flexibility index (Phi) is 3.41. The first-order chi connectivity index (χ1) is 5.38. The van der Waals surface area contributed by atoms with Crippen LogP contribution in [0.5, 0.6) is 0 Å². The minimum absolute atomic E-state index is 0.0929. The molecular formula is C9H16N2. The second-order valence-corrected chi connectivity index (χ2v) is 3.21. The Morgan fingerprint density at radius 2 is 2.00 bits per heavy atom. The van der Waals surface area contributed by atoms with E-state index in [2.05, 4.69) is 11.3 Å². The van der Waals surface area contributed by atoms with E-state index in [9.17, 15) is 0 Å². The maximum Gasteiger partial charge on any atom is 0.0842 e. The van der Waals surface area contributed by atoms with E-state index in [1.165, 1.54) is 32.1 Å². The number of rotatable bonds is 2. The van der Waals surface area contributed by atoms with Crippen molar-refractivity contribution in [2.75, 3.05) is 0 Å². The molecule has 1 rings (SSSR count). The van der Waals surface area contributed by atoms with Crippen molar-refractivity contribution in [1.82, 2.24) is 5.43 Å². The van der Waals surface area contributed by atoms with Crippen LogP contribution < -0.4 is 11.3 Å². The van der Waals surface area contributed by atoms with Gasteiger partial charge in [0, 0.05) is 0 Å². The van der Waals surface area contributed by atoms with Crippen molar-refractivity contribution in [3.8, 4) is 12.3 Å². The summed E-state index contributed by atoms with van der Waals surface area (Å²) in [6.07, 6.45) is 11.8. The van der Waals surface area contributed by atoms with Crippen LogP contribution in [0.25, 0.3) is 0 Å². The third kappa shape index (κ3) is 2.21. The number of nitrogens with two attached hydrogens (primary N) is 1. The number of nitrogens with one attached hydrogen (secondary N) is 1. The number of hydrogen-bond acceptors (Lipinski definition) is 2. The van der Waals surface area contributed by atoms with Crippen LogP contribution in [-0.4, -0.2) is 6.04 Å². The van der Waals surface area contributed by atoms with Crippen LogP contribution in [0.3, 0.4) is 0 Å². The molecule has 0 heterocycles. The topological polar surface area (TPSA) is 38.0 Å². The van der Waals surface area contributed by atoms with Gasteiger partial charge in [0.15, 0.2) is 0 Å². The van der Waals surface area contributed by atoms with Crippen LogP contribution in [-0.2, 0) is 0 Å². The average molecular weight is 152 g/mol. The summed E-state index contributed by atoms with van der Waals surface area (Å²) in [5.41, 5.74) is 2.69. The van der Waals surface area contributed by atoms with Gasteiger partial charge in [0.25, 0.3) is 0 Å². The summed E-state index contributed by atoms with van der Waals surface area (Å²) in [7, 11) is 0. The minimum atomic E-state index is 0.0929. The van der Waals surface area contributed by atoms with Gasteiger partial charge in [0.1, 0.15) is 0 Å². The predicted octanol–water partition coefficient (Wildman–Crippen LogP) is 1.03. The zero-order valence-electron chi connectivity index (χ0n) is 6.84. The van der Waals surface area contributed by atoms with E-state index in [1.807, 2.05) is 0 Å². The molecule has 11 heavy (non-hydrogen) atoms. The van der Waals surface area contributed by atoms with Gasteiger partial charge in [0.2, 0.25) is 0 Å². The fraction of sp³-hybridized carbons (Fsp3) is 0.778. The van der Waals surface area contributed by atoms with Crippen molar-refractivity contribution < 1.29 is 0 Å². The molecule has 2 nitrogen and oxygen atoms in total. The first-order valence-electron chi connectivity index (χ1n) is 4.30. The number of terminal acetylenes is 1. The van der Waals surface area contributed by atoms with Crippen LogP contribution >= 0.6 is 0 Å². The van der Waals surface area contributed by atoms with Crippen molar-refractivity contribution in [2.24, 2.45) is 11.8 Å². The zero-order chi connectivity index (χ0) is 8.10. The Hall–Kier alpha value is -0.520. The lowest BCUT2D eigenvalue weighted by Gasteiger charge is -2.25. The molecule has 1 atom stereocenters. The first kappa shape index (κ1) is 8.58. The highest BCUT2D eigenvalue weighted by atomic mass is 15.2. The lowest BCUT2D eigenvalue weighted by atomic mass is 9.84. The third-order valence-electron chi connectivity index (χ3n) is 2.48. The van der Waals surface area contributed by atoms with Gasteiger partial charge in [-0.2, -0.15) is 0 Å². The quantitative estimate of drug-likeness (QED) is 0.352. The summed E-state index contributed by atoms with van der Waals surface area (Å²) in [6, 6.07) is 0.0929. The maximum absolute atomic E-state index is 5.32. The Labute approximate surface area is 68.5 Å². The standard InChI is InChI=1S/C9H16N2/c1-2-9(11-10)8-6-4-3-5-7-8/h1,8-9,11H,3-7,10H2.